The SMILES string of the molecule is Cc1ccc(F)c(Cl)c1CN1CCN=C(N)/C1=C\C(=N)c1nnc(C2CCN(C)CC2)o1. The number of allylic oxidation sites excluding steroid dienone is 1. The molecule has 0 bridgehead atoms. The Kier molecular flexibility index (Phi) is 6.57. The van der Waals surface area contributed by atoms with E-state index < -0.39 is 5.82 Å². The third-order valence-electron chi connectivity index (χ3n) is 6.05. The molecule has 0 aliphatic carbocycles. The minimum atomic E-state index is -0.462. The first-order chi connectivity index (χ1) is 15.3. The summed E-state index contributed by atoms with van der Waals surface area (Å²) in [6, 6.07) is 3.06. The normalized spacial score (nSPS) is 19.4. The van der Waals surface area contributed by atoms with E-state index in [1.165, 1.54) is 6.07 Å². The molecule has 0 amide bonds. The highest BCUT2D eigenvalue weighted by atomic mass is 35.5. The van der Waals surface area contributed by atoms with Crippen LogP contribution in [0.4, 0.5) is 4.39 Å². The fraction of sp³-hybridized carbons (Fsp3) is 0.455. The first-order valence-electron chi connectivity index (χ1n) is 10.6. The fourth-order valence-electron chi connectivity index (χ4n) is 4.02. The first kappa shape index (κ1) is 22.4. The van der Waals surface area contributed by atoms with Crippen molar-refractivity contribution in [1.29, 1.82) is 5.41 Å². The summed E-state index contributed by atoms with van der Waals surface area (Å²) in [6.07, 6.45) is 3.48. The zero-order valence-corrected chi connectivity index (χ0v) is 19.0. The summed E-state index contributed by atoms with van der Waals surface area (Å²) in [6.45, 7) is 5.26. The maximum absolute atomic E-state index is 14.0. The van der Waals surface area contributed by atoms with Gasteiger partial charge in [0, 0.05) is 19.0 Å². The molecule has 4 rings (SSSR count). The second-order valence-electron chi connectivity index (χ2n) is 8.31. The number of likely N-dealkylation sites (tertiary alicyclic amines) is 1. The topological polar surface area (TPSA) is 108 Å². The molecule has 0 unspecified atom stereocenters. The van der Waals surface area contributed by atoms with Gasteiger partial charge in [0.25, 0.3) is 5.89 Å². The summed E-state index contributed by atoms with van der Waals surface area (Å²) < 4.78 is 19.8. The average molecular weight is 460 g/mol. The summed E-state index contributed by atoms with van der Waals surface area (Å²) in [4.78, 5) is 8.52. The molecule has 2 aliphatic heterocycles. The van der Waals surface area contributed by atoms with E-state index in [4.69, 9.17) is 27.2 Å². The maximum atomic E-state index is 14.0. The van der Waals surface area contributed by atoms with Crippen LogP contribution in [0.3, 0.4) is 0 Å². The van der Waals surface area contributed by atoms with Gasteiger partial charge in [0.15, 0.2) is 0 Å². The van der Waals surface area contributed by atoms with Crippen molar-refractivity contribution in [1.82, 2.24) is 20.0 Å². The van der Waals surface area contributed by atoms with Gasteiger partial charge >= 0.3 is 0 Å². The highest BCUT2D eigenvalue weighted by Gasteiger charge is 2.25. The van der Waals surface area contributed by atoms with Crippen molar-refractivity contribution >= 4 is 23.1 Å². The highest BCUT2D eigenvalue weighted by Crippen LogP contribution is 2.28. The molecule has 1 saturated heterocycles. The molecule has 170 valence electrons. The number of benzene rings is 1. The Bertz CT molecular complexity index is 1070. The van der Waals surface area contributed by atoms with Crippen molar-refractivity contribution in [3.63, 3.8) is 0 Å². The minimum absolute atomic E-state index is 0.0544. The second kappa shape index (κ2) is 9.38. The Morgan fingerprint density at radius 2 is 2.06 bits per heavy atom. The van der Waals surface area contributed by atoms with Crippen LogP contribution in [0.15, 0.2) is 33.3 Å². The van der Waals surface area contributed by atoms with Crippen LogP contribution in [0.1, 0.15) is 41.7 Å². The molecule has 3 heterocycles. The third kappa shape index (κ3) is 4.68. The number of rotatable bonds is 5. The van der Waals surface area contributed by atoms with E-state index in [0.717, 1.165) is 31.5 Å². The fourth-order valence-corrected chi connectivity index (χ4v) is 4.29. The number of aliphatic imine (C=N–C) groups is 1. The smallest absolute Gasteiger partial charge is 0.265 e. The van der Waals surface area contributed by atoms with Crippen molar-refractivity contribution in [2.75, 3.05) is 33.2 Å². The summed E-state index contributed by atoms with van der Waals surface area (Å²) in [5, 5.41) is 16.9. The zero-order chi connectivity index (χ0) is 22.8. The van der Waals surface area contributed by atoms with Gasteiger partial charge in [-0.2, -0.15) is 0 Å². The Labute approximate surface area is 191 Å². The molecule has 0 atom stereocenters. The molecule has 3 N–H and O–H groups in total. The second-order valence-corrected chi connectivity index (χ2v) is 8.69. The Morgan fingerprint density at radius 1 is 1.31 bits per heavy atom. The number of nitrogens with one attached hydrogen (secondary N) is 1. The third-order valence-corrected chi connectivity index (χ3v) is 6.46. The van der Waals surface area contributed by atoms with Crippen LogP contribution in [-0.2, 0) is 6.54 Å². The number of aromatic nitrogens is 2. The number of aryl methyl sites for hydroxylation is 1. The molecular weight excluding hydrogens is 433 g/mol. The Morgan fingerprint density at radius 3 is 2.81 bits per heavy atom. The van der Waals surface area contributed by atoms with Crippen molar-refractivity contribution in [3.8, 4) is 0 Å². The van der Waals surface area contributed by atoms with Gasteiger partial charge in [-0.25, -0.2) is 4.39 Å². The quantitative estimate of drug-likeness (QED) is 0.665. The number of piperidine rings is 1. The number of hydrogen-bond donors (Lipinski definition) is 2. The molecule has 1 aromatic heterocycles. The lowest BCUT2D eigenvalue weighted by atomic mass is 9.97. The van der Waals surface area contributed by atoms with E-state index in [1.807, 2.05) is 11.8 Å². The van der Waals surface area contributed by atoms with E-state index in [0.29, 0.717) is 42.6 Å². The van der Waals surface area contributed by atoms with Crippen LogP contribution in [0.5, 0.6) is 0 Å². The highest BCUT2D eigenvalue weighted by molar-refractivity contribution is 6.31. The van der Waals surface area contributed by atoms with Gasteiger partial charge in [-0.1, -0.05) is 17.7 Å². The monoisotopic (exact) mass is 459 g/mol. The van der Waals surface area contributed by atoms with Gasteiger partial charge in [0.2, 0.25) is 5.89 Å². The van der Waals surface area contributed by atoms with Crippen LogP contribution in [-0.4, -0.2) is 64.8 Å². The van der Waals surface area contributed by atoms with Gasteiger partial charge in [-0.15, -0.1) is 10.2 Å². The van der Waals surface area contributed by atoms with Crippen molar-refractivity contribution in [2.24, 2.45) is 10.7 Å². The molecule has 8 nitrogen and oxygen atoms in total. The summed E-state index contributed by atoms with van der Waals surface area (Å²) in [7, 11) is 2.09. The number of nitrogens with zero attached hydrogens (tertiary/aromatic N) is 5. The van der Waals surface area contributed by atoms with E-state index >= 15 is 0 Å². The molecule has 32 heavy (non-hydrogen) atoms. The maximum Gasteiger partial charge on any atom is 0.265 e. The molecule has 1 aromatic carbocycles. The molecule has 0 spiro atoms. The van der Waals surface area contributed by atoms with E-state index in [2.05, 4.69) is 27.1 Å². The van der Waals surface area contributed by atoms with Crippen molar-refractivity contribution in [2.45, 2.75) is 32.2 Å². The van der Waals surface area contributed by atoms with Gasteiger partial charge in [-0.05, 0) is 63.2 Å². The lowest BCUT2D eigenvalue weighted by molar-refractivity contribution is 0.237. The van der Waals surface area contributed by atoms with E-state index in [1.54, 1.807) is 12.1 Å². The summed E-state index contributed by atoms with van der Waals surface area (Å²) >= 11 is 6.23. The summed E-state index contributed by atoms with van der Waals surface area (Å²) in [5.74, 6) is 0.770. The van der Waals surface area contributed by atoms with Gasteiger partial charge in [-0.3, -0.25) is 10.4 Å². The predicted molar refractivity (Wildman–Crippen MR) is 122 cm³/mol. The molecule has 10 heteroatoms. The van der Waals surface area contributed by atoms with Gasteiger partial charge in [0.1, 0.15) is 17.4 Å². The number of amidine groups is 1. The van der Waals surface area contributed by atoms with E-state index in [9.17, 15) is 4.39 Å². The zero-order valence-electron chi connectivity index (χ0n) is 18.2. The van der Waals surface area contributed by atoms with Gasteiger partial charge in [0.05, 0.1) is 17.3 Å². The number of nitrogens with two attached hydrogens (primary N) is 1. The van der Waals surface area contributed by atoms with E-state index in [-0.39, 0.29) is 22.5 Å². The number of halogens is 2. The largest absolute Gasteiger partial charge is 0.419 e. The molecule has 0 saturated carbocycles. The predicted octanol–water partition coefficient (Wildman–Crippen LogP) is 3.10. The molecule has 2 aromatic rings. The minimum Gasteiger partial charge on any atom is -0.419 e. The van der Waals surface area contributed by atoms with Crippen LogP contribution in [0.2, 0.25) is 5.02 Å². The van der Waals surface area contributed by atoms with Crippen LogP contribution in [0, 0.1) is 18.2 Å². The van der Waals surface area contributed by atoms with Gasteiger partial charge < -0.3 is 20.0 Å². The molecule has 1 fully saturated rings. The number of hydrogen-bond acceptors (Lipinski definition) is 8. The molecule has 0 radical (unpaired) electrons. The van der Waals surface area contributed by atoms with Crippen LogP contribution < -0.4 is 5.73 Å². The van der Waals surface area contributed by atoms with Crippen molar-refractivity contribution < 1.29 is 8.81 Å². The molecule has 2 aliphatic rings. The van der Waals surface area contributed by atoms with Crippen LogP contribution >= 0.6 is 11.6 Å². The Hall–Kier alpha value is -2.78. The summed E-state index contributed by atoms with van der Waals surface area (Å²) in [5.41, 5.74) is 8.33. The lowest BCUT2D eigenvalue weighted by Crippen LogP contribution is -2.38. The average Bonchev–Trinajstić information content (AvgIpc) is 3.27. The molecular formula is C22H27ClFN7O. The Balaban J connectivity index is 1.56. The van der Waals surface area contributed by atoms with Crippen molar-refractivity contribution in [3.05, 3.63) is 57.7 Å². The first-order valence-corrected chi connectivity index (χ1v) is 11.0. The van der Waals surface area contributed by atoms with Crippen LogP contribution in [0.25, 0.3) is 0 Å². The standard InChI is InChI=1S/C22H27ClFN7O/c1-13-3-4-16(24)19(23)15(13)12-31-10-7-27-20(26)18(31)11-17(25)22-29-28-21(32-22)14-5-8-30(2)9-6-14/h3-4,11,14,25H,5-10,12H2,1-2H3,(H2,26,27)/b18-11+,25-17?. The lowest BCUT2D eigenvalue weighted by Gasteiger charge is -2.31.